The summed E-state index contributed by atoms with van der Waals surface area (Å²) in [5, 5.41) is 21.2. The van der Waals surface area contributed by atoms with Crippen molar-refractivity contribution in [2.24, 2.45) is 5.73 Å². The number of carbonyl (C=O) groups is 2. The Hall–Kier alpha value is -3.73. The SMILES string of the molecule is Cl.N=C(N)c1ccc(NC(=O)[C@H](O)[C@H]2OCCN(c3ccc4[nH]c(=O)ccc4c3)C2=O)cc1. The van der Waals surface area contributed by atoms with E-state index in [1.807, 2.05) is 0 Å². The first-order valence-corrected chi connectivity index (χ1v) is 9.83. The molecule has 0 unspecified atom stereocenters. The summed E-state index contributed by atoms with van der Waals surface area (Å²) in [7, 11) is 0. The molecule has 1 aliphatic rings. The van der Waals surface area contributed by atoms with E-state index in [1.54, 1.807) is 36.4 Å². The number of anilines is 2. The van der Waals surface area contributed by atoms with Crippen LogP contribution < -0.4 is 21.5 Å². The predicted octanol–water partition coefficient (Wildman–Crippen LogP) is 0.965. The Balaban J connectivity index is 0.00000306. The molecular weight excluding hydrogens is 450 g/mol. The molecule has 11 heteroatoms. The van der Waals surface area contributed by atoms with Gasteiger partial charge in [0.05, 0.1) is 6.61 Å². The van der Waals surface area contributed by atoms with Gasteiger partial charge in [-0.2, -0.15) is 0 Å². The molecule has 0 aliphatic carbocycles. The number of ether oxygens (including phenoxy) is 1. The van der Waals surface area contributed by atoms with Gasteiger partial charge in [-0.3, -0.25) is 19.8 Å². The number of hydrogen-bond acceptors (Lipinski definition) is 6. The van der Waals surface area contributed by atoms with E-state index < -0.39 is 24.0 Å². The minimum atomic E-state index is -1.73. The van der Waals surface area contributed by atoms with Crippen LogP contribution in [-0.4, -0.2) is 53.1 Å². The van der Waals surface area contributed by atoms with Crippen LogP contribution in [0, 0.1) is 5.41 Å². The molecule has 0 spiro atoms. The molecule has 3 aromatic rings. The third-order valence-corrected chi connectivity index (χ3v) is 5.16. The smallest absolute Gasteiger partial charge is 0.259 e. The lowest BCUT2D eigenvalue weighted by atomic mass is 10.1. The summed E-state index contributed by atoms with van der Waals surface area (Å²) < 4.78 is 5.42. The van der Waals surface area contributed by atoms with Crippen molar-refractivity contribution in [1.82, 2.24) is 4.98 Å². The molecule has 0 radical (unpaired) electrons. The largest absolute Gasteiger partial charge is 0.384 e. The van der Waals surface area contributed by atoms with Gasteiger partial charge in [-0.25, -0.2) is 0 Å². The lowest BCUT2D eigenvalue weighted by Gasteiger charge is -2.34. The molecule has 1 saturated heterocycles. The molecule has 0 bridgehead atoms. The number of nitrogens with zero attached hydrogens (tertiary/aromatic N) is 1. The van der Waals surface area contributed by atoms with Crippen LogP contribution in [0.2, 0.25) is 0 Å². The fourth-order valence-electron chi connectivity index (χ4n) is 3.48. The van der Waals surface area contributed by atoms with E-state index in [-0.39, 0.29) is 37.0 Å². The molecule has 2 heterocycles. The third kappa shape index (κ3) is 5.03. The molecule has 4 rings (SSSR count). The lowest BCUT2D eigenvalue weighted by molar-refractivity contribution is -0.150. The number of benzene rings is 2. The molecule has 6 N–H and O–H groups in total. The van der Waals surface area contributed by atoms with E-state index in [1.165, 1.54) is 23.1 Å². The number of nitrogens with one attached hydrogen (secondary N) is 3. The molecule has 2 atom stereocenters. The molecule has 1 aromatic heterocycles. The Morgan fingerprint density at radius 2 is 1.91 bits per heavy atom. The van der Waals surface area contributed by atoms with E-state index in [0.717, 1.165) is 5.39 Å². The van der Waals surface area contributed by atoms with E-state index in [9.17, 15) is 19.5 Å². The van der Waals surface area contributed by atoms with E-state index >= 15 is 0 Å². The molecule has 1 aliphatic heterocycles. The average Bonchev–Trinajstić information content (AvgIpc) is 2.79. The van der Waals surface area contributed by atoms with Crippen molar-refractivity contribution in [3.05, 3.63) is 70.5 Å². The van der Waals surface area contributed by atoms with Crippen LogP contribution in [0.5, 0.6) is 0 Å². The van der Waals surface area contributed by atoms with Crippen molar-refractivity contribution in [2.75, 3.05) is 23.4 Å². The number of halogens is 1. The summed E-state index contributed by atoms with van der Waals surface area (Å²) in [6.45, 7) is 0.392. The minimum Gasteiger partial charge on any atom is -0.384 e. The maximum Gasteiger partial charge on any atom is 0.259 e. The highest BCUT2D eigenvalue weighted by Crippen LogP contribution is 2.24. The number of nitrogens with two attached hydrogens (primary N) is 1. The number of carbonyl (C=O) groups excluding carboxylic acids is 2. The maximum atomic E-state index is 13.0. The van der Waals surface area contributed by atoms with Gasteiger partial charge in [0, 0.05) is 40.5 Å². The highest BCUT2D eigenvalue weighted by molar-refractivity contribution is 6.04. The van der Waals surface area contributed by atoms with Crippen molar-refractivity contribution in [3.63, 3.8) is 0 Å². The summed E-state index contributed by atoms with van der Waals surface area (Å²) in [6.07, 6.45) is -3.10. The van der Waals surface area contributed by atoms with Crippen molar-refractivity contribution in [1.29, 1.82) is 5.41 Å². The quantitative estimate of drug-likeness (QED) is 0.275. The second kappa shape index (κ2) is 9.82. The van der Waals surface area contributed by atoms with Gasteiger partial charge in [0.25, 0.3) is 11.8 Å². The van der Waals surface area contributed by atoms with Crippen LogP contribution in [-0.2, 0) is 14.3 Å². The zero-order chi connectivity index (χ0) is 22.8. The molecule has 0 saturated carbocycles. The van der Waals surface area contributed by atoms with Crippen LogP contribution >= 0.6 is 12.4 Å². The van der Waals surface area contributed by atoms with Gasteiger partial charge in [-0.1, -0.05) is 0 Å². The number of aromatic nitrogens is 1. The zero-order valence-corrected chi connectivity index (χ0v) is 18.1. The Morgan fingerprint density at radius 3 is 2.61 bits per heavy atom. The number of amides is 2. The molecule has 172 valence electrons. The third-order valence-electron chi connectivity index (χ3n) is 5.16. The number of H-pyrrole nitrogens is 1. The maximum absolute atomic E-state index is 13.0. The molecular formula is C22H22ClN5O5. The summed E-state index contributed by atoms with van der Waals surface area (Å²) >= 11 is 0. The number of morpholine rings is 1. The summed E-state index contributed by atoms with van der Waals surface area (Å²) in [5.74, 6) is -1.45. The van der Waals surface area contributed by atoms with Crippen molar-refractivity contribution < 1.29 is 19.4 Å². The first-order valence-electron chi connectivity index (χ1n) is 9.83. The van der Waals surface area contributed by atoms with Gasteiger partial charge in [0.2, 0.25) is 5.56 Å². The predicted molar refractivity (Wildman–Crippen MR) is 126 cm³/mol. The van der Waals surface area contributed by atoms with Crippen LogP contribution in [0.15, 0.2) is 59.4 Å². The standard InChI is InChI=1S/C22H21N5O5.ClH/c23-20(24)12-1-4-14(5-2-12)25-21(30)18(29)19-22(31)27(9-10-32-19)15-6-7-16-13(11-15)3-8-17(28)26-16;/h1-8,11,18-19,29H,9-10H2,(H3,23,24)(H,25,30)(H,26,28);1H/t18-,19-;/m1./s1. The van der Waals surface area contributed by atoms with Gasteiger partial charge in [0.15, 0.2) is 12.2 Å². The normalized spacial score (nSPS) is 16.7. The van der Waals surface area contributed by atoms with Gasteiger partial charge in [-0.05, 0) is 48.5 Å². The summed E-state index contributed by atoms with van der Waals surface area (Å²) in [4.78, 5) is 41.1. The Labute approximate surface area is 194 Å². The number of aliphatic hydroxyl groups excluding tert-OH is 1. The second-order valence-corrected chi connectivity index (χ2v) is 7.30. The Bertz CT molecular complexity index is 1260. The van der Waals surface area contributed by atoms with Crippen LogP contribution in [0.25, 0.3) is 10.9 Å². The number of pyridine rings is 1. The van der Waals surface area contributed by atoms with Crippen LogP contribution in [0.4, 0.5) is 11.4 Å². The van der Waals surface area contributed by atoms with E-state index in [2.05, 4.69) is 10.3 Å². The fraction of sp³-hybridized carbons (Fsp3) is 0.182. The molecule has 2 aromatic carbocycles. The lowest BCUT2D eigenvalue weighted by Crippen LogP contribution is -2.55. The Morgan fingerprint density at radius 1 is 1.18 bits per heavy atom. The highest BCUT2D eigenvalue weighted by atomic mass is 35.5. The van der Waals surface area contributed by atoms with Gasteiger partial charge in [0.1, 0.15) is 5.84 Å². The molecule has 1 fully saturated rings. The van der Waals surface area contributed by atoms with Gasteiger partial charge < -0.3 is 30.8 Å². The van der Waals surface area contributed by atoms with Crippen LogP contribution in [0.3, 0.4) is 0 Å². The second-order valence-electron chi connectivity index (χ2n) is 7.30. The van der Waals surface area contributed by atoms with E-state index in [4.69, 9.17) is 15.9 Å². The van der Waals surface area contributed by atoms with Gasteiger partial charge >= 0.3 is 0 Å². The first-order chi connectivity index (χ1) is 15.3. The number of rotatable bonds is 5. The van der Waals surface area contributed by atoms with Crippen molar-refractivity contribution in [3.8, 4) is 0 Å². The Kier molecular flexibility index (Phi) is 7.12. The van der Waals surface area contributed by atoms with Crippen LogP contribution in [0.1, 0.15) is 5.56 Å². The number of amidine groups is 1. The fourth-order valence-corrected chi connectivity index (χ4v) is 3.48. The number of aromatic amines is 1. The number of hydrogen-bond donors (Lipinski definition) is 5. The van der Waals surface area contributed by atoms with E-state index in [0.29, 0.717) is 22.5 Å². The summed E-state index contributed by atoms with van der Waals surface area (Å²) in [6, 6.07) is 14.4. The number of nitrogen functional groups attached to an aromatic ring is 1. The number of aliphatic hydroxyl groups is 1. The van der Waals surface area contributed by atoms with Crippen molar-refractivity contribution >= 4 is 52.3 Å². The summed E-state index contributed by atoms with van der Waals surface area (Å²) in [5.41, 5.74) is 7.25. The first kappa shape index (κ1) is 23.9. The monoisotopic (exact) mass is 471 g/mol. The molecule has 2 amide bonds. The van der Waals surface area contributed by atoms with Gasteiger partial charge in [-0.15, -0.1) is 12.4 Å². The minimum absolute atomic E-state index is 0. The topological polar surface area (TPSA) is 162 Å². The number of fused-ring (bicyclic) bond motifs is 1. The zero-order valence-electron chi connectivity index (χ0n) is 17.3. The molecule has 10 nitrogen and oxygen atoms in total. The van der Waals surface area contributed by atoms with Crippen molar-refractivity contribution in [2.45, 2.75) is 12.2 Å². The average molecular weight is 472 g/mol. The molecule has 33 heavy (non-hydrogen) atoms. The highest BCUT2D eigenvalue weighted by Gasteiger charge is 2.39.